The fourth-order valence-electron chi connectivity index (χ4n) is 4.11. The van der Waals surface area contributed by atoms with Crippen LogP contribution in [0, 0.1) is 20.8 Å². The summed E-state index contributed by atoms with van der Waals surface area (Å²) < 4.78 is 11.7. The van der Waals surface area contributed by atoms with E-state index in [0.717, 1.165) is 21.7 Å². The molecule has 4 aromatic rings. The number of nitrogens with zero attached hydrogens (tertiary/aromatic N) is 2. The number of hydrogen-bond acceptors (Lipinski definition) is 6. The predicted octanol–water partition coefficient (Wildman–Crippen LogP) is 5.98. The number of thiazole rings is 1. The van der Waals surface area contributed by atoms with Crippen LogP contribution in [0.2, 0.25) is 5.02 Å². The van der Waals surface area contributed by atoms with E-state index < -0.39 is 11.9 Å². The summed E-state index contributed by atoms with van der Waals surface area (Å²) >= 11 is 7.72. The van der Waals surface area contributed by atoms with Crippen molar-refractivity contribution in [1.82, 2.24) is 4.98 Å². The molecule has 0 aliphatic carbocycles. The third-order valence-corrected chi connectivity index (χ3v) is 7.34. The highest BCUT2D eigenvalue weighted by Crippen LogP contribution is 2.43. The summed E-state index contributed by atoms with van der Waals surface area (Å²) in [6.45, 7) is 8.09. The lowest BCUT2D eigenvalue weighted by atomic mass is 9.98. The van der Waals surface area contributed by atoms with Crippen LogP contribution in [0.25, 0.3) is 11.0 Å². The quantitative estimate of drug-likeness (QED) is 0.359. The normalized spacial score (nSPS) is 15.4. The maximum absolute atomic E-state index is 13.7. The number of rotatable bonds is 4. The van der Waals surface area contributed by atoms with E-state index in [1.54, 1.807) is 17.0 Å². The number of aryl methyl sites for hydroxylation is 3. The van der Waals surface area contributed by atoms with Gasteiger partial charge in [-0.1, -0.05) is 23.7 Å². The summed E-state index contributed by atoms with van der Waals surface area (Å²) in [6.07, 6.45) is 0. The van der Waals surface area contributed by atoms with E-state index in [1.807, 2.05) is 52.0 Å². The van der Waals surface area contributed by atoms with Gasteiger partial charge in [-0.05, 0) is 63.1 Å². The van der Waals surface area contributed by atoms with Crippen LogP contribution in [0.5, 0.6) is 5.75 Å². The highest BCUT2D eigenvalue weighted by Gasteiger charge is 2.45. The number of anilines is 1. The van der Waals surface area contributed by atoms with Crippen LogP contribution in [0.3, 0.4) is 0 Å². The number of carbonyl (C=O) groups is 1. The van der Waals surface area contributed by atoms with Gasteiger partial charge in [-0.25, -0.2) is 4.98 Å². The smallest absolute Gasteiger partial charge is 0.297 e. The van der Waals surface area contributed by atoms with Gasteiger partial charge in [-0.3, -0.25) is 14.5 Å². The van der Waals surface area contributed by atoms with E-state index in [1.165, 1.54) is 11.3 Å². The molecule has 1 unspecified atom stereocenters. The SMILES string of the molecule is CCOc1cccc(C2c3c(oc4cc(C)c(Cl)cc4c3=O)C(=O)N2c2nc(C)c(C)s2)c1. The van der Waals surface area contributed by atoms with Gasteiger partial charge < -0.3 is 9.15 Å². The van der Waals surface area contributed by atoms with Gasteiger partial charge in [0.15, 0.2) is 10.6 Å². The van der Waals surface area contributed by atoms with Crippen LogP contribution in [0.15, 0.2) is 45.6 Å². The molecule has 0 saturated carbocycles. The molecule has 33 heavy (non-hydrogen) atoms. The van der Waals surface area contributed by atoms with E-state index >= 15 is 0 Å². The Labute approximate surface area is 199 Å². The Hall–Kier alpha value is -3.16. The van der Waals surface area contributed by atoms with E-state index in [-0.39, 0.29) is 16.8 Å². The molecule has 6 nitrogen and oxygen atoms in total. The first-order chi connectivity index (χ1) is 15.8. The fourth-order valence-corrected chi connectivity index (χ4v) is 5.21. The monoisotopic (exact) mass is 480 g/mol. The van der Waals surface area contributed by atoms with Gasteiger partial charge in [-0.15, -0.1) is 11.3 Å². The van der Waals surface area contributed by atoms with Gasteiger partial charge in [0.2, 0.25) is 5.76 Å². The Balaban J connectivity index is 1.81. The zero-order valence-electron chi connectivity index (χ0n) is 18.6. The number of amides is 1. The molecule has 5 rings (SSSR count). The second-order valence-corrected chi connectivity index (χ2v) is 9.58. The molecule has 168 valence electrons. The first-order valence-electron chi connectivity index (χ1n) is 10.6. The lowest BCUT2D eigenvalue weighted by Gasteiger charge is -2.23. The van der Waals surface area contributed by atoms with Crippen molar-refractivity contribution in [3.8, 4) is 5.75 Å². The molecular formula is C25H21ClN2O4S. The average molecular weight is 481 g/mol. The van der Waals surface area contributed by atoms with Gasteiger partial charge in [-0.2, -0.15) is 0 Å². The fraction of sp³-hybridized carbons (Fsp3) is 0.240. The second kappa shape index (κ2) is 8.01. The number of hydrogen-bond donors (Lipinski definition) is 0. The largest absolute Gasteiger partial charge is 0.494 e. The molecule has 0 spiro atoms. The molecule has 0 fully saturated rings. The Morgan fingerprint density at radius 2 is 1.97 bits per heavy atom. The lowest BCUT2D eigenvalue weighted by Crippen LogP contribution is -2.29. The Bertz CT molecular complexity index is 1470. The maximum atomic E-state index is 13.7. The number of carbonyl (C=O) groups excluding carboxylic acids is 1. The Morgan fingerprint density at radius 1 is 1.18 bits per heavy atom. The molecule has 3 heterocycles. The van der Waals surface area contributed by atoms with Crippen LogP contribution in [-0.4, -0.2) is 17.5 Å². The van der Waals surface area contributed by atoms with Crippen LogP contribution in [0.4, 0.5) is 5.13 Å². The molecule has 0 radical (unpaired) electrons. The third kappa shape index (κ3) is 3.43. The number of fused-ring (bicyclic) bond motifs is 2. The minimum Gasteiger partial charge on any atom is -0.494 e. The summed E-state index contributed by atoms with van der Waals surface area (Å²) in [5, 5.41) is 1.33. The summed E-state index contributed by atoms with van der Waals surface area (Å²) in [7, 11) is 0. The zero-order valence-corrected chi connectivity index (χ0v) is 20.1. The first-order valence-corrected chi connectivity index (χ1v) is 11.8. The standard InChI is InChI=1S/C25H21ClN2O4S/c1-5-31-16-8-6-7-15(10-16)21-20-22(29)17-11-18(26)12(2)9-19(17)32-23(20)24(30)28(21)25-27-13(3)14(4)33-25/h6-11,21H,5H2,1-4H3. The van der Waals surface area contributed by atoms with E-state index in [4.69, 9.17) is 20.8 Å². The van der Waals surface area contributed by atoms with Gasteiger partial charge in [0.1, 0.15) is 11.3 Å². The minimum absolute atomic E-state index is 0.0338. The van der Waals surface area contributed by atoms with E-state index in [2.05, 4.69) is 4.98 Å². The van der Waals surface area contributed by atoms with E-state index in [9.17, 15) is 9.59 Å². The highest BCUT2D eigenvalue weighted by atomic mass is 35.5. The van der Waals surface area contributed by atoms with Crippen molar-refractivity contribution in [3.05, 3.63) is 84.7 Å². The summed E-state index contributed by atoms with van der Waals surface area (Å²) in [6, 6.07) is 10.0. The van der Waals surface area contributed by atoms with Crippen LogP contribution < -0.4 is 15.1 Å². The molecule has 2 aromatic carbocycles. The topological polar surface area (TPSA) is 72.6 Å². The minimum atomic E-state index is -0.696. The van der Waals surface area contributed by atoms with Crippen molar-refractivity contribution in [2.24, 2.45) is 0 Å². The third-order valence-electron chi connectivity index (χ3n) is 5.86. The van der Waals surface area contributed by atoms with Crippen LogP contribution >= 0.6 is 22.9 Å². The molecule has 0 saturated heterocycles. The second-order valence-electron chi connectivity index (χ2n) is 7.99. The van der Waals surface area contributed by atoms with Gasteiger partial charge >= 0.3 is 0 Å². The first kappa shape index (κ1) is 21.7. The van der Waals surface area contributed by atoms with Crippen molar-refractivity contribution in [1.29, 1.82) is 0 Å². The zero-order chi connectivity index (χ0) is 23.4. The number of benzene rings is 2. The molecule has 0 bridgehead atoms. The van der Waals surface area contributed by atoms with Crippen molar-refractivity contribution in [2.45, 2.75) is 33.7 Å². The van der Waals surface area contributed by atoms with Crippen molar-refractivity contribution in [2.75, 3.05) is 11.5 Å². The summed E-state index contributed by atoms with van der Waals surface area (Å²) in [5.74, 6) is 0.301. The highest BCUT2D eigenvalue weighted by molar-refractivity contribution is 7.15. The molecule has 2 aromatic heterocycles. The molecule has 1 atom stereocenters. The molecular weight excluding hydrogens is 460 g/mol. The summed E-state index contributed by atoms with van der Waals surface area (Å²) in [5.41, 5.74) is 2.69. The molecule has 8 heteroatoms. The van der Waals surface area contributed by atoms with Crippen molar-refractivity contribution in [3.63, 3.8) is 0 Å². The van der Waals surface area contributed by atoms with Crippen molar-refractivity contribution >= 4 is 44.9 Å². The lowest BCUT2D eigenvalue weighted by molar-refractivity contribution is 0.0971. The van der Waals surface area contributed by atoms with Gasteiger partial charge in [0.05, 0.1) is 29.3 Å². The van der Waals surface area contributed by atoms with Gasteiger partial charge in [0.25, 0.3) is 5.91 Å². The molecule has 0 N–H and O–H groups in total. The summed E-state index contributed by atoms with van der Waals surface area (Å²) in [4.78, 5) is 34.6. The Kier molecular flexibility index (Phi) is 5.26. The average Bonchev–Trinajstić information content (AvgIpc) is 3.26. The van der Waals surface area contributed by atoms with Crippen LogP contribution in [-0.2, 0) is 0 Å². The van der Waals surface area contributed by atoms with Gasteiger partial charge in [0, 0.05) is 9.90 Å². The molecule has 1 amide bonds. The molecule has 1 aliphatic rings. The molecule has 1 aliphatic heterocycles. The number of halogens is 1. The maximum Gasteiger partial charge on any atom is 0.297 e. The number of ether oxygens (including phenoxy) is 1. The van der Waals surface area contributed by atoms with Crippen LogP contribution in [0.1, 0.15) is 50.8 Å². The Morgan fingerprint density at radius 3 is 2.67 bits per heavy atom. The van der Waals surface area contributed by atoms with Crippen molar-refractivity contribution < 1.29 is 13.9 Å². The predicted molar refractivity (Wildman–Crippen MR) is 130 cm³/mol. The van der Waals surface area contributed by atoms with E-state index in [0.29, 0.717) is 33.5 Å². The number of aromatic nitrogens is 1.